The van der Waals surface area contributed by atoms with Crippen LogP contribution in [0, 0.1) is 18.3 Å². The SMILES string of the molecule is Cc1cccc(-c2c[nH]c3ccc(C#N)cc23)n1. The number of nitriles is 1. The van der Waals surface area contributed by atoms with Crippen molar-refractivity contribution in [2.75, 3.05) is 0 Å². The molecule has 2 aromatic heterocycles. The van der Waals surface area contributed by atoms with Crippen molar-refractivity contribution in [2.24, 2.45) is 0 Å². The van der Waals surface area contributed by atoms with Gasteiger partial charge in [0.1, 0.15) is 0 Å². The molecule has 0 radical (unpaired) electrons. The molecule has 0 aliphatic rings. The van der Waals surface area contributed by atoms with Crippen molar-refractivity contribution in [3.8, 4) is 17.3 Å². The molecule has 1 N–H and O–H groups in total. The smallest absolute Gasteiger partial charge is 0.0991 e. The molecule has 18 heavy (non-hydrogen) atoms. The van der Waals surface area contributed by atoms with Crippen LogP contribution < -0.4 is 0 Å². The quantitative estimate of drug-likeness (QED) is 0.700. The predicted molar refractivity (Wildman–Crippen MR) is 71.0 cm³/mol. The van der Waals surface area contributed by atoms with Gasteiger partial charge in [0.05, 0.1) is 17.3 Å². The molecule has 0 saturated carbocycles. The first-order chi connectivity index (χ1) is 8.78. The highest BCUT2D eigenvalue weighted by atomic mass is 14.7. The van der Waals surface area contributed by atoms with Gasteiger partial charge in [-0.1, -0.05) is 6.07 Å². The molecule has 0 aliphatic carbocycles. The summed E-state index contributed by atoms with van der Waals surface area (Å²) in [6, 6.07) is 13.7. The van der Waals surface area contributed by atoms with E-state index in [1.165, 1.54) is 0 Å². The predicted octanol–water partition coefficient (Wildman–Crippen LogP) is 3.41. The number of fused-ring (bicyclic) bond motifs is 1. The molecule has 3 nitrogen and oxygen atoms in total. The first kappa shape index (κ1) is 10.5. The summed E-state index contributed by atoms with van der Waals surface area (Å²) in [6.45, 7) is 1.97. The van der Waals surface area contributed by atoms with E-state index in [2.05, 4.69) is 16.0 Å². The lowest BCUT2D eigenvalue weighted by Crippen LogP contribution is -1.85. The highest BCUT2D eigenvalue weighted by Crippen LogP contribution is 2.28. The molecule has 0 aliphatic heterocycles. The average molecular weight is 233 g/mol. The molecular formula is C15H11N3. The molecule has 0 bridgehead atoms. The zero-order valence-electron chi connectivity index (χ0n) is 9.94. The van der Waals surface area contributed by atoms with Gasteiger partial charge in [-0.05, 0) is 37.3 Å². The molecule has 0 unspecified atom stereocenters. The van der Waals surface area contributed by atoms with Crippen molar-refractivity contribution in [2.45, 2.75) is 6.92 Å². The van der Waals surface area contributed by atoms with Crippen LogP contribution in [0.2, 0.25) is 0 Å². The summed E-state index contributed by atoms with van der Waals surface area (Å²) in [5, 5.41) is 10.00. The summed E-state index contributed by atoms with van der Waals surface area (Å²) in [4.78, 5) is 7.73. The minimum absolute atomic E-state index is 0.663. The maximum atomic E-state index is 8.96. The molecule has 3 heteroatoms. The van der Waals surface area contributed by atoms with Crippen molar-refractivity contribution in [1.82, 2.24) is 9.97 Å². The topological polar surface area (TPSA) is 52.5 Å². The Hall–Kier alpha value is -2.60. The summed E-state index contributed by atoms with van der Waals surface area (Å²) in [7, 11) is 0. The number of aromatic amines is 1. The van der Waals surface area contributed by atoms with Gasteiger partial charge in [0.15, 0.2) is 0 Å². The molecule has 3 rings (SSSR count). The Balaban J connectivity index is 2.27. The molecule has 0 atom stereocenters. The van der Waals surface area contributed by atoms with E-state index in [1.54, 1.807) is 0 Å². The molecule has 1 aromatic carbocycles. The zero-order valence-corrected chi connectivity index (χ0v) is 9.94. The Bertz CT molecular complexity index is 763. The van der Waals surface area contributed by atoms with E-state index in [0.717, 1.165) is 27.9 Å². The molecule has 2 heterocycles. The van der Waals surface area contributed by atoms with E-state index in [9.17, 15) is 0 Å². The second kappa shape index (κ2) is 4.01. The number of aromatic nitrogens is 2. The standard InChI is InChI=1S/C15H11N3/c1-10-3-2-4-15(18-10)13-9-17-14-6-5-11(8-16)7-12(13)14/h2-7,9,17H,1H3. The summed E-state index contributed by atoms with van der Waals surface area (Å²) < 4.78 is 0. The monoisotopic (exact) mass is 233 g/mol. The number of H-pyrrole nitrogens is 1. The van der Waals surface area contributed by atoms with Gasteiger partial charge < -0.3 is 4.98 Å². The summed E-state index contributed by atoms with van der Waals surface area (Å²) in [5.74, 6) is 0. The summed E-state index contributed by atoms with van der Waals surface area (Å²) in [6.07, 6.45) is 1.94. The maximum absolute atomic E-state index is 8.96. The van der Waals surface area contributed by atoms with Crippen LogP contribution in [0.15, 0.2) is 42.6 Å². The molecule has 3 aromatic rings. The first-order valence-electron chi connectivity index (χ1n) is 5.73. The van der Waals surface area contributed by atoms with Crippen molar-refractivity contribution >= 4 is 10.9 Å². The number of nitrogens with zero attached hydrogens (tertiary/aromatic N) is 2. The van der Waals surface area contributed by atoms with Gasteiger partial charge in [-0.15, -0.1) is 0 Å². The number of nitrogens with one attached hydrogen (secondary N) is 1. The van der Waals surface area contributed by atoms with Crippen LogP contribution >= 0.6 is 0 Å². The molecule has 0 fully saturated rings. The fourth-order valence-electron chi connectivity index (χ4n) is 2.10. The van der Waals surface area contributed by atoms with Gasteiger partial charge in [-0.25, -0.2) is 0 Å². The van der Waals surface area contributed by atoms with Gasteiger partial charge in [0.25, 0.3) is 0 Å². The number of hydrogen-bond donors (Lipinski definition) is 1. The Morgan fingerprint density at radius 2 is 2.11 bits per heavy atom. The number of pyridine rings is 1. The van der Waals surface area contributed by atoms with Crippen molar-refractivity contribution in [3.63, 3.8) is 0 Å². The van der Waals surface area contributed by atoms with E-state index in [-0.39, 0.29) is 0 Å². The Morgan fingerprint density at radius 3 is 2.89 bits per heavy atom. The third-order valence-electron chi connectivity index (χ3n) is 2.98. The van der Waals surface area contributed by atoms with Gasteiger partial charge in [0.2, 0.25) is 0 Å². The number of hydrogen-bond acceptors (Lipinski definition) is 2. The normalized spacial score (nSPS) is 10.4. The third kappa shape index (κ3) is 1.64. The third-order valence-corrected chi connectivity index (χ3v) is 2.98. The molecule has 86 valence electrons. The van der Waals surface area contributed by atoms with Crippen LogP contribution in [0.1, 0.15) is 11.3 Å². The van der Waals surface area contributed by atoms with Crippen LogP contribution in [-0.4, -0.2) is 9.97 Å². The highest BCUT2D eigenvalue weighted by molar-refractivity contribution is 5.95. The minimum atomic E-state index is 0.663. The van der Waals surface area contributed by atoms with Gasteiger partial charge in [-0.3, -0.25) is 4.98 Å². The van der Waals surface area contributed by atoms with Crippen molar-refractivity contribution < 1.29 is 0 Å². The lowest BCUT2D eigenvalue weighted by molar-refractivity contribution is 1.21. The van der Waals surface area contributed by atoms with Gasteiger partial charge in [0, 0.05) is 28.4 Å². The van der Waals surface area contributed by atoms with E-state index in [4.69, 9.17) is 5.26 Å². The van der Waals surface area contributed by atoms with E-state index < -0.39 is 0 Å². The van der Waals surface area contributed by atoms with Crippen LogP contribution in [-0.2, 0) is 0 Å². The van der Waals surface area contributed by atoms with E-state index in [0.29, 0.717) is 5.56 Å². The van der Waals surface area contributed by atoms with Crippen molar-refractivity contribution in [1.29, 1.82) is 5.26 Å². The van der Waals surface area contributed by atoms with Gasteiger partial charge >= 0.3 is 0 Å². The largest absolute Gasteiger partial charge is 0.360 e. The van der Waals surface area contributed by atoms with E-state index >= 15 is 0 Å². The average Bonchev–Trinajstić information content (AvgIpc) is 2.81. The lowest BCUT2D eigenvalue weighted by atomic mass is 10.1. The summed E-state index contributed by atoms with van der Waals surface area (Å²) in [5.41, 5.74) is 4.63. The first-order valence-corrected chi connectivity index (χ1v) is 5.73. The Morgan fingerprint density at radius 1 is 1.22 bits per heavy atom. The van der Waals surface area contributed by atoms with Crippen LogP contribution in [0.3, 0.4) is 0 Å². The Kier molecular flexibility index (Phi) is 2.35. The van der Waals surface area contributed by atoms with Crippen LogP contribution in [0.5, 0.6) is 0 Å². The fraction of sp³-hybridized carbons (Fsp3) is 0.0667. The Labute approximate surface area is 105 Å². The second-order valence-electron chi connectivity index (χ2n) is 4.24. The fourth-order valence-corrected chi connectivity index (χ4v) is 2.10. The maximum Gasteiger partial charge on any atom is 0.0991 e. The van der Waals surface area contributed by atoms with E-state index in [1.807, 2.05) is 49.5 Å². The highest BCUT2D eigenvalue weighted by Gasteiger charge is 2.08. The number of rotatable bonds is 1. The summed E-state index contributed by atoms with van der Waals surface area (Å²) >= 11 is 0. The molecular weight excluding hydrogens is 222 g/mol. The molecule has 0 saturated heterocycles. The zero-order chi connectivity index (χ0) is 12.5. The number of aryl methyl sites for hydroxylation is 1. The molecule has 0 amide bonds. The minimum Gasteiger partial charge on any atom is -0.360 e. The van der Waals surface area contributed by atoms with Gasteiger partial charge in [-0.2, -0.15) is 5.26 Å². The van der Waals surface area contributed by atoms with Crippen LogP contribution in [0.4, 0.5) is 0 Å². The van der Waals surface area contributed by atoms with Crippen molar-refractivity contribution in [3.05, 3.63) is 53.9 Å². The number of benzene rings is 1. The molecule has 0 spiro atoms. The second-order valence-corrected chi connectivity index (χ2v) is 4.24. The lowest BCUT2D eigenvalue weighted by Gasteiger charge is -2.00. The van der Waals surface area contributed by atoms with Crippen LogP contribution in [0.25, 0.3) is 22.2 Å².